The lowest BCUT2D eigenvalue weighted by atomic mass is 10.1. The molecule has 0 bridgehead atoms. The van der Waals surface area contributed by atoms with Gasteiger partial charge in [0.1, 0.15) is 5.82 Å². The Hall–Kier alpha value is -0.900. The van der Waals surface area contributed by atoms with E-state index in [1.165, 1.54) is 0 Å². The van der Waals surface area contributed by atoms with Crippen LogP contribution in [-0.4, -0.2) is 10.9 Å². The number of anilines is 1. The Morgan fingerprint density at radius 1 is 1.50 bits per heavy atom. The summed E-state index contributed by atoms with van der Waals surface area (Å²) in [5.41, 5.74) is 0.877. The molecule has 0 aromatic carbocycles. The number of carbonyl (C=O) groups is 1. The maximum Gasteiger partial charge on any atom is 0.225 e. The van der Waals surface area contributed by atoms with Crippen LogP contribution in [0.2, 0.25) is 0 Å². The van der Waals surface area contributed by atoms with E-state index < -0.39 is 0 Å². The number of rotatable bonds is 4. The lowest BCUT2D eigenvalue weighted by Crippen LogP contribution is -2.13. The van der Waals surface area contributed by atoms with Crippen LogP contribution in [0.25, 0.3) is 0 Å². The molecule has 1 aromatic rings. The summed E-state index contributed by atoms with van der Waals surface area (Å²) in [4.78, 5) is 15.8. The highest BCUT2D eigenvalue weighted by Crippen LogP contribution is 2.16. The van der Waals surface area contributed by atoms with Crippen molar-refractivity contribution >= 4 is 27.7 Å². The van der Waals surface area contributed by atoms with Crippen molar-refractivity contribution < 1.29 is 4.79 Å². The Morgan fingerprint density at radius 3 is 2.75 bits per heavy atom. The molecule has 0 radical (unpaired) electrons. The predicted octanol–water partition coefficient (Wildman–Crippen LogP) is 3.53. The number of halogens is 1. The van der Waals surface area contributed by atoms with E-state index in [1.54, 1.807) is 6.07 Å². The van der Waals surface area contributed by atoms with E-state index in [9.17, 15) is 4.79 Å². The van der Waals surface area contributed by atoms with Gasteiger partial charge in [0.15, 0.2) is 0 Å². The maximum atomic E-state index is 11.6. The Bertz CT molecular complexity index is 377. The molecule has 0 saturated carbocycles. The van der Waals surface area contributed by atoms with E-state index >= 15 is 0 Å². The number of hydrogen-bond acceptors (Lipinski definition) is 2. The van der Waals surface area contributed by atoms with Gasteiger partial charge in [-0.15, -0.1) is 0 Å². The van der Waals surface area contributed by atoms with Gasteiger partial charge in [-0.25, -0.2) is 4.98 Å². The van der Waals surface area contributed by atoms with E-state index in [-0.39, 0.29) is 5.91 Å². The minimum absolute atomic E-state index is 0.0305. The molecule has 0 saturated heterocycles. The molecule has 0 aliphatic heterocycles. The van der Waals surface area contributed by atoms with Gasteiger partial charge >= 0.3 is 0 Å². The van der Waals surface area contributed by atoms with Gasteiger partial charge in [0, 0.05) is 10.9 Å². The SMILES string of the molecule is Cc1nc(NC(=O)CCC(C)C)ccc1Br. The topological polar surface area (TPSA) is 42.0 Å². The molecule has 88 valence electrons. The summed E-state index contributed by atoms with van der Waals surface area (Å²) in [6.07, 6.45) is 1.45. The molecule has 0 unspecified atom stereocenters. The van der Waals surface area contributed by atoms with Gasteiger partial charge in [0.25, 0.3) is 0 Å². The summed E-state index contributed by atoms with van der Waals surface area (Å²) in [6.45, 7) is 6.11. The second-order valence-corrected chi connectivity index (χ2v) is 5.10. The normalized spacial score (nSPS) is 10.6. The van der Waals surface area contributed by atoms with E-state index in [0.717, 1.165) is 16.6 Å². The summed E-state index contributed by atoms with van der Waals surface area (Å²) in [6, 6.07) is 3.69. The minimum atomic E-state index is 0.0305. The third-order valence-electron chi connectivity index (χ3n) is 2.24. The average Bonchev–Trinajstić information content (AvgIpc) is 2.21. The molecule has 0 aliphatic rings. The molecule has 0 atom stereocenters. The Kier molecular flexibility index (Phi) is 4.93. The van der Waals surface area contributed by atoms with Crippen molar-refractivity contribution in [3.8, 4) is 0 Å². The highest BCUT2D eigenvalue weighted by molar-refractivity contribution is 9.10. The highest BCUT2D eigenvalue weighted by Gasteiger charge is 2.05. The Labute approximate surface area is 105 Å². The van der Waals surface area contributed by atoms with Crippen LogP contribution < -0.4 is 5.32 Å². The number of amides is 1. The number of nitrogens with one attached hydrogen (secondary N) is 1. The monoisotopic (exact) mass is 284 g/mol. The van der Waals surface area contributed by atoms with Crippen LogP contribution in [0.15, 0.2) is 16.6 Å². The highest BCUT2D eigenvalue weighted by atomic mass is 79.9. The fourth-order valence-corrected chi connectivity index (χ4v) is 1.46. The summed E-state index contributed by atoms with van der Waals surface area (Å²) >= 11 is 3.37. The fourth-order valence-electron chi connectivity index (χ4n) is 1.24. The molecule has 1 aromatic heterocycles. The third-order valence-corrected chi connectivity index (χ3v) is 3.08. The molecule has 4 heteroatoms. The zero-order valence-electron chi connectivity index (χ0n) is 9.88. The van der Waals surface area contributed by atoms with Crippen molar-refractivity contribution in [1.82, 2.24) is 4.98 Å². The van der Waals surface area contributed by atoms with Crippen LogP contribution in [-0.2, 0) is 4.79 Å². The molecule has 3 nitrogen and oxygen atoms in total. The van der Waals surface area contributed by atoms with Crippen molar-refractivity contribution in [2.24, 2.45) is 5.92 Å². The smallest absolute Gasteiger partial charge is 0.225 e. The van der Waals surface area contributed by atoms with Crippen LogP contribution in [0.3, 0.4) is 0 Å². The quantitative estimate of drug-likeness (QED) is 0.919. The van der Waals surface area contributed by atoms with Crippen LogP contribution in [0, 0.1) is 12.8 Å². The standard InChI is InChI=1S/C12H17BrN2O/c1-8(2)4-7-12(16)15-11-6-5-10(13)9(3)14-11/h5-6,8H,4,7H2,1-3H3,(H,14,15,16). The van der Waals surface area contributed by atoms with Gasteiger partial charge < -0.3 is 5.32 Å². The molecular weight excluding hydrogens is 268 g/mol. The second kappa shape index (κ2) is 5.99. The fraction of sp³-hybridized carbons (Fsp3) is 0.500. The lowest BCUT2D eigenvalue weighted by Gasteiger charge is -2.07. The van der Waals surface area contributed by atoms with Crippen LogP contribution in [0.5, 0.6) is 0 Å². The second-order valence-electron chi connectivity index (χ2n) is 4.24. The number of aryl methyl sites for hydroxylation is 1. The van der Waals surface area contributed by atoms with E-state index in [2.05, 4.69) is 40.1 Å². The van der Waals surface area contributed by atoms with E-state index in [0.29, 0.717) is 18.2 Å². The minimum Gasteiger partial charge on any atom is -0.311 e. The first kappa shape index (κ1) is 13.2. The number of hydrogen-bond donors (Lipinski definition) is 1. The molecule has 0 aliphatic carbocycles. The van der Waals surface area contributed by atoms with Crippen molar-refractivity contribution in [2.45, 2.75) is 33.6 Å². The first-order chi connectivity index (χ1) is 7.49. The number of nitrogens with zero attached hydrogens (tertiary/aromatic N) is 1. The molecule has 1 N–H and O–H groups in total. The average molecular weight is 285 g/mol. The zero-order chi connectivity index (χ0) is 12.1. The van der Waals surface area contributed by atoms with Crippen molar-refractivity contribution in [1.29, 1.82) is 0 Å². The summed E-state index contributed by atoms with van der Waals surface area (Å²) in [5.74, 6) is 1.20. The molecule has 1 rings (SSSR count). The summed E-state index contributed by atoms with van der Waals surface area (Å²) < 4.78 is 0.952. The molecule has 0 spiro atoms. The van der Waals surface area contributed by atoms with Gasteiger partial charge in [-0.3, -0.25) is 4.79 Å². The summed E-state index contributed by atoms with van der Waals surface area (Å²) in [7, 11) is 0. The van der Waals surface area contributed by atoms with Crippen LogP contribution >= 0.6 is 15.9 Å². The third kappa shape index (κ3) is 4.31. The Morgan fingerprint density at radius 2 is 2.19 bits per heavy atom. The van der Waals surface area contributed by atoms with Crippen LogP contribution in [0.4, 0.5) is 5.82 Å². The number of carbonyl (C=O) groups excluding carboxylic acids is 1. The van der Waals surface area contributed by atoms with Crippen molar-refractivity contribution in [2.75, 3.05) is 5.32 Å². The summed E-state index contributed by atoms with van der Waals surface area (Å²) in [5, 5.41) is 2.79. The molecule has 0 fully saturated rings. The molecule has 1 amide bonds. The van der Waals surface area contributed by atoms with Gasteiger partial charge in [0.05, 0.1) is 5.69 Å². The van der Waals surface area contributed by atoms with Gasteiger partial charge in [0.2, 0.25) is 5.91 Å². The first-order valence-corrected chi connectivity index (χ1v) is 6.21. The zero-order valence-corrected chi connectivity index (χ0v) is 11.5. The maximum absolute atomic E-state index is 11.6. The van der Waals surface area contributed by atoms with Crippen molar-refractivity contribution in [3.63, 3.8) is 0 Å². The van der Waals surface area contributed by atoms with Crippen LogP contribution in [0.1, 0.15) is 32.4 Å². The lowest BCUT2D eigenvalue weighted by molar-refractivity contribution is -0.116. The van der Waals surface area contributed by atoms with Gasteiger partial charge in [-0.2, -0.15) is 0 Å². The van der Waals surface area contributed by atoms with E-state index in [4.69, 9.17) is 0 Å². The number of pyridine rings is 1. The molecule has 1 heterocycles. The van der Waals surface area contributed by atoms with E-state index in [1.807, 2.05) is 13.0 Å². The van der Waals surface area contributed by atoms with Gasteiger partial charge in [-0.1, -0.05) is 13.8 Å². The molecule has 16 heavy (non-hydrogen) atoms. The predicted molar refractivity (Wildman–Crippen MR) is 69.4 cm³/mol. The Balaban J connectivity index is 2.53. The molecular formula is C12H17BrN2O. The first-order valence-electron chi connectivity index (χ1n) is 5.42. The van der Waals surface area contributed by atoms with Gasteiger partial charge in [-0.05, 0) is 47.3 Å². The largest absolute Gasteiger partial charge is 0.311 e. The number of aromatic nitrogens is 1. The van der Waals surface area contributed by atoms with Crippen molar-refractivity contribution in [3.05, 3.63) is 22.3 Å².